The van der Waals surface area contributed by atoms with Crippen LogP contribution in [0.15, 0.2) is 0 Å². The van der Waals surface area contributed by atoms with Gasteiger partial charge in [0.25, 0.3) is 0 Å². The summed E-state index contributed by atoms with van der Waals surface area (Å²) in [4.78, 5) is 0. The lowest BCUT2D eigenvalue weighted by Crippen LogP contribution is -2.49. The van der Waals surface area contributed by atoms with E-state index >= 15 is 0 Å². The van der Waals surface area contributed by atoms with Crippen LogP contribution in [0.25, 0.3) is 0 Å². The summed E-state index contributed by atoms with van der Waals surface area (Å²) in [5.74, 6) is 1.23. The summed E-state index contributed by atoms with van der Waals surface area (Å²) < 4.78 is 26.6. The van der Waals surface area contributed by atoms with Crippen LogP contribution < -0.4 is 5.32 Å². The van der Waals surface area contributed by atoms with Gasteiger partial charge in [-0.05, 0) is 51.0 Å². The monoisotopic (exact) mass is 288 g/mol. The molecule has 2 aliphatic rings. The van der Waals surface area contributed by atoms with E-state index in [0.29, 0.717) is 24.4 Å². The van der Waals surface area contributed by atoms with Gasteiger partial charge in [-0.2, -0.15) is 4.31 Å². The van der Waals surface area contributed by atoms with E-state index in [9.17, 15) is 8.42 Å². The fourth-order valence-corrected chi connectivity index (χ4v) is 4.94. The van der Waals surface area contributed by atoms with Crippen LogP contribution in [0.4, 0.5) is 0 Å². The number of piperidine rings is 1. The molecule has 0 amide bonds. The van der Waals surface area contributed by atoms with Gasteiger partial charge in [0.1, 0.15) is 0 Å². The van der Waals surface area contributed by atoms with E-state index in [4.69, 9.17) is 0 Å². The molecule has 1 N–H and O–H groups in total. The minimum absolute atomic E-state index is 0.151. The van der Waals surface area contributed by atoms with Crippen molar-refractivity contribution in [2.45, 2.75) is 58.5 Å². The van der Waals surface area contributed by atoms with Crippen LogP contribution in [-0.2, 0) is 10.0 Å². The average molecular weight is 288 g/mol. The van der Waals surface area contributed by atoms with Crippen LogP contribution in [0.2, 0.25) is 0 Å². The van der Waals surface area contributed by atoms with E-state index in [0.717, 1.165) is 19.4 Å². The molecule has 1 saturated carbocycles. The summed E-state index contributed by atoms with van der Waals surface area (Å²) in [7, 11) is -3.08. The first kappa shape index (κ1) is 15.3. The number of nitrogens with zero attached hydrogens (tertiary/aromatic N) is 1. The lowest BCUT2D eigenvalue weighted by molar-refractivity contribution is 0.157. The molecule has 0 spiro atoms. The lowest BCUT2D eigenvalue weighted by Gasteiger charge is -2.40. The first-order chi connectivity index (χ1) is 8.90. The molecular formula is C14H28N2O2S. The van der Waals surface area contributed by atoms with E-state index in [2.05, 4.69) is 26.1 Å². The number of sulfonamides is 1. The summed E-state index contributed by atoms with van der Waals surface area (Å²) in [5, 5.41) is 3.38. The molecule has 0 aromatic carbocycles. The van der Waals surface area contributed by atoms with Crippen molar-refractivity contribution >= 4 is 10.0 Å². The molecule has 0 aromatic heterocycles. The molecule has 5 heteroatoms. The normalized spacial score (nSPS) is 33.5. The second-order valence-corrected chi connectivity index (χ2v) is 8.57. The summed E-state index contributed by atoms with van der Waals surface area (Å²) in [6.45, 7) is 7.90. The lowest BCUT2D eigenvalue weighted by atomic mass is 9.88. The van der Waals surface area contributed by atoms with Gasteiger partial charge in [0.2, 0.25) is 10.0 Å². The minimum atomic E-state index is -3.08. The molecule has 19 heavy (non-hydrogen) atoms. The van der Waals surface area contributed by atoms with Crippen molar-refractivity contribution in [3.05, 3.63) is 0 Å². The third-order valence-corrected chi connectivity index (χ3v) is 6.49. The van der Waals surface area contributed by atoms with Crippen molar-refractivity contribution in [3.63, 3.8) is 0 Å². The number of nitrogens with one attached hydrogen (secondary N) is 1. The average Bonchev–Trinajstić information content (AvgIpc) is 3.13. The van der Waals surface area contributed by atoms with Crippen molar-refractivity contribution < 1.29 is 8.42 Å². The fourth-order valence-electron chi connectivity index (χ4n) is 3.00. The van der Waals surface area contributed by atoms with Crippen molar-refractivity contribution in [1.82, 2.24) is 9.62 Å². The van der Waals surface area contributed by atoms with E-state index in [1.54, 1.807) is 4.31 Å². The van der Waals surface area contributed by atoms with Gasteiger partial charge in [-0.25, -0.2) is 8.42 Å². The highest BCUT2D eigenvalue weighted by Crippen LogP contribution is 2.29. The molecule has 1 aliphatic carbocycles. The maximum atomic E-state index is 12.4. The molecular weight excluding hydrogens is 260 g/mol. The smallest absolute Gasteiger partial charge is 0.214 e. The Morgan fingerprint density at radius 3 is 2.53 bits per heavy atom. The third kappa shape index (κ3) is 4.17. The fraction of sp³-hybridized carbons (Fsp3) is 1.00. The molecule has 4 nitrogen and oxygen atoms in total. The highest BCUT2D eigenvalue weighted by molar-refractivity contribution is 7.89. The number of rotatable bonds is 6. The van der Waals surface area contributed by atoms with E-state index in [1.807, 2.05) is 0 Å². The highest BCUT2D eigenvalue weighted by Gasteiger charge is 2.35. The number of hydrogen-bond acceptors (Lipinski definition) is 3. The summed E-state index contributed by atoms with van der Waals surface area (Å²) in [6, 6.07) is 0.814. The third-order valence-electron chi connectivity index (χ3n) is 4.49. The molecule has 1 heterocycles. The molecule has 0 radical (unpaired) electrons. The van der Waals surface area contributed by atoms with Crippen molar-refractivity contribution in [2.75, 3.05) is 18.8 Å². The van der Waals surface area contributed by atoms with Gasteiger partial charge in [-0.3, -0.25) is 0 Å². The topological polar surface area (TPSA) is 49.4 Å². The van der Waals surface area contributed by atoms with Crippen LogP contribution >= 0.6 is 0 Å². The largest absolute Gasteiger partial charge is 0.314 e. The second-order valence-electron chi connectivity index (χ2n) is 6.53. The Bertz CT molecular complexity index is 392. The van der Waals surface area contributed by atoms with Crippen molar-refractivity contribution in [3.8, 4) is 0 Å². The van der Waals surface area contributed by atoms with Crippen LogP contribution in [0.3, 0.4) is 0 Å². The zero-order valence-corrected chi connectivity index (χ0v) is 13.2. The Labute approximate surface area is 118 Å². The molecule has 112 valence electrons. The zero-order valence-electron chi connectivity index (χ0n) is 12.4. The van der Waals surface area contributed by atoms with E-state index in [-0.39, 0.29) is 11.8 Å². The Kier molecular flexibility index (Phi) is 4.90. The molecule has 3 unspecified atom stereocenters. The van der Waals surface area contributed by atoms with E-state index < -0.39 is 10.0 Å². The molecule has 0 bridgehead atoms. The molecule has 3 atom stereocenters. The molecule has 1 saturated heterocycles. The first-order valence-electron chi connectivity index (χ1n) is 7.63. The Morgan fingerprint density at radius 1 is 1.21 bits per heavy atom. The standard InChI is InChI=1S/C14H28N2O2S/c1-11-9-12(2)13(3)16(10-11)19(17,18)8-4-7-15-14-5-6-14/h11-15H,4-10H2,1-3H3. The van der Waals surface area contributed by atoms with Crippen LogP contribution in [0.5, 0.6) is 0 Å². The zero-order chi connectivity index (χ0) is 14.0. The SMILES string of the molecule is CC1CC(C)C(C)N(S(=O)(=O)CCCNC2CC2)C1. The van der Waals surface area contributed by atoms with Crippen LogP contribution in [0.1, 0.15) is 46.5 Å². The predicted molar refractivity (Wildman–Crippen MR) is 78.5 cm³/mol. The quantitative estimate of drug-likeness (QED) is 0.759. The van der Waals surface area contributed by atoms with Gasteiger partial charge in [-0.1, -0.05) is 13.8 Å². The van der Waals surface area contributed by atoms with Gasteiger partial charge >= 0.3 is 0 Å². The summed E-state index contributed by atoms with van der Waals surface area (Å²) in [5.41, 5.74) is 0. The molecule has 2 fully saturated rings. The van der Waals surface area contributed by atoms with E-state index in [1.165, 1.54) is 12.8 Å². The van der Waals surface area contributed by atoms with Gasteiger partial charge in [0.15, 0.2) is 0 Å². The van der Waals surface area contributed by atoms with Crippen LogP contribution in [-0.4, -0.2) is 43.6 Å². The van der Waals surface area contributed by atoms with Gasteiger partial charge in [0.05, 0.1) is 5.75 Å². The summed E-state index contributed by atoms with van der Waals surface area (Å²) >= 11 is 0. The van der Waals surface area contributed by atoms with Crippen molar-refractivity contribution in [2.24, 2.45) is 11.8 Å². The van der Waals surface area contributed by atoms with Gasteiger partial charge in [0, 0.05) is 18.6 Å². The van der Waals surface area contributed by atoms with Crippen LogP contribution in [0, 0.1) is 11.8 Å². The second kappa shape index (κ2) is 6.10. The van der Waals surface area contributed by atoms with Gasteiger partial charge in [-0.15, -0.1) is 0 Å². The minimum Gasteiger partial charge on any atom is -0.314 e. The highest BCUT2D eigenvalue weighted by atomic mass is 32.2. The predicted octanol–water partition coefficient (Wildman–Crippen LogP) is 1.82. The molecule has 2 rings (SSSR count). The maximum Gasteiger partial charge on any atom is 0.214 e. The van der Waals surface area contributed by atoms with Gasteiger partial charge < -0.3 is 5.32 Å². The Hall–Kier alpha value is -0.130. The Morgan fingerprint density at radius 2 is 1.89 bits per heavy atom. The molecule has 1 aliphatic heterocycles. The maximum absolute atomic E-state index is 12.4. The summed E-state index contributed by atoms with van der Waals surface area (Å²) in [6.07, 6.45) is 4.37. The Balaban J connectivity index is 1.85. The number of hydrogen-bond donors (Lipinski definition) is 1. The van der Waals surface area contributed by atoms with Crippen molar-refractivity contribution in [1.29, 1.82) is 0 Å². The first-order valence-corrected chi connectivity index (χ1v) is 9.24. The molecule has 0 aromatic rings.